The van der Waals surface area contributed by atoms with E-state index in [1.54, 1.807) is 7.11 Å². The molecule has 78 valence electrons. The highest BCUT2D eigenvalue weighted by Gasteiger charge is 1.79. The fraction of sp³-hybridized carbons (Fsp3) is 0.333. The number of benzene rings is 1. The summed E-state index contributed by atoms with van der Waals surface area (Å²) in [7, 11) is 5.60. The van der Waals surface area contributed by atoms with Crippen molar-refractivity contribution in [1.29, 1.82) is 0 Å². The summed E-state index contributed by atoms with van der Waals surface area (Å²) < 4.78 is 4.73. The van der Waals surface area contributed by atoms with Gasteiger partial charge >= 0.3 is 0 Å². The Morgan fingerprint density at radius 3 is 2.07 bits per heavy atom. The lowest BCUT2D eigenvalue weighted by Gasteiger charge is -2.04. The summed E-state index contributed by atoms with van der Waals surface area (Å²) in [4.78, 5) is 1.96. The smallest absolute Gasteiger partial charge is 0.0981 e. The first-order valence-corrected chi connectivity index (χ1v) is 4.52. The van der Waals surface area contributed by atoms with Crippen LogP contribution in [0, 0.1) is 0 Å². The molecular formula is C12H19NO. The summed E-state index contributed by atoms with van der Waals surface area (Å²) in [5, 5.41) is 0. The minimum absolute atomic E-state index is 0.708. The van der Waals surface area contributed by atoms with Gasteiger partial charge in [-0.25, -0.2) is 0 Å². The molecular weight excluding hydrogens is 174 g/mol. The Balaban J connectivity index is 0.000000255. The van der Waals surface area contributed by atoms with Crippen LogP contribution in [0.25, 0.3) is 6.08 Å². The Hall–Kier alpha value is -1.12. The number of hydrogen-bond donors (Lipinski definition) is 0. The van der Waals surface area contributed by atoms with Gasteiger partial charge in [-0.1, -0.05) is 43.0 Å². The highest BCUT2D eigenvalue weighted by Crippen LogP contribution is 1.97. The van der Waals surface area contributed by atoms with Crippen molar-refractivity contribution in [1.82, 2.24) is 4.90 Å². The van der Waals surface area contributed by atoms with Gasteiger partial charge in [0.2, 0.25) is 0 Å². The SMILES string of the molecule is C=Cc1ccccc1.COCN(C)C. The van der Waals surface area contributed by atoms with Crippen molar-refractivity contribution >= 4 is 6.08 Å². The average molecular weight is 193 g/mol. The summed E-state index contributed by atoms with van der Waals surface area (Å²) in [5.74, 6) is 0. The molecule has 0 N–H and O–H groups in total. The molecule has 0 spiro atoms. The lowest BCUT2D eigenvalue weighted by Crippen LogP contribution is -2.13. The summed E-state index contributed by atoms with van der Waals surface area (Å²) in [6.45, 7) is 4.34. The first-order valence-electron chi connectivity index (χ1n) is 4.52. The molecule has 1 aromatic carbocycles. The standard InChI is InChI=1S/C8H8.C4H11NO/c1-2-8-6-4-3-5-7-8;1-5(2)4-6-3/h2-7H,1H2;4H2,1-3H3. The van der Waals surface area contributed by atoms with E-state index >= 15 is 0 Å². The third-order valence-corrected chi connectivity index (χ3v) is 1.42. The molecule has 0 radical (unpaired) electrons. The average Bonchev–Trinajstić information content (AvgIpc) is 2.20. The van der Waals surface area contributed by atoms with E-state index in [0.717, 1.165) is 0 Å². The van der Waals surface area contributed by atoms with Crippen LogP contribution in [0.5, 0.6) is 0 Å². The third kappa shape index (κ3) is 7.53. The highest BCUT2D eigenvalue weighted by atomic mass is 16.5. The molecule has 0 aliphatic heterocycles. The molecule has 0 fully saturated rings. The van der Waals surface area contributed by atoms with Gasteiger partial charge < -0.3 is 4.74 Å². The zero-order chi connectivity index (χ0) is 10.8. The lowest BCUT2D eigenvalue weighted by molar-refractivity contribution is 0.0994. The van der Waals surface area contributed by atoms with Gasteiger partial charge in [0, 0.05) is 7.11 Å². The summed E-state index contributed by atoms with van der Waals surface area (Å²) in [6, 6.07) is 10.0. The van der Waals surface area contributed by atoms with Crippen LogP contribution in [0.3, 0.4) is 0 Å². The van der Waals surface area contributed by atoms with Crippen LogP contribution in [0.2, 0.25) is 0 Å². The van der Waals surface area contributed by atoms with E-state index in [-0.39, 0.29) is 0 Å². The molecule has 0 atom stereocenters. The summed E-state index contributed by atoms with van der Waals surface area (Å²) in [6.07, 6.45) is 1.83. The van der Waals surface area contributed by atoms with E-state index < -0.39 is 0 Å². The number of ether oxygens (including phenoxy) is 1. The number of methoxy groups -OCH3 is 1. The quantitative estimate of drug-likeness (QED) is 0.684. The maximum Gasteiger partial charge on any atom is 0.0981 e. The number of nitrogens with zero attached hydrogens (tertiary/aromatic N) is 1. The van der Waals surface area contributed by atoms with Gasteiger partial charge in [0.1, 0.15) is 0 Å². The molecule has 0 saturated heterocycles. The zero-order valence-electron chi connectivity index (χ0n) is 9.23. The largest absolute Gasteiger partial charge is 0.369 e. The second-order valence-electron chi connectivity index (χ2n) is 3.11. The lowest BCUT2D eigenvalue weighted by atomic mass is 10.2. The van der Waals surface area contributed by atoms with Crippen LogP contribution >= 0.6 is 0 Å². The Morgan fingerprint density at radius 1 is 1.29 bits per heavy atom. The van der Waals surface area contributed by atoms with Crippen molar-refractivity contribution < 1.29 is 4.74 Å². The first-order chi connectivity index (χ1) is 6.70. The molecule has 0 unspecified atom stereocenters. The van der Waals surface area contributed by atoms with Crippen molar-refractivity contribution in [2.75, 3.05) is 27.9 Å². The normalized spacial score (nSPS) is 9.14. The third-order valence-electron chi connectivity index (χ3n) is 1.42. The van der Waals surface area contributed by atoms with Gasteiger partial charge in [0.25, 0.3) is 0 Å². The van der Waals surface area contributed by atoms with Crippen molar-refractivity contribution in [3.63, 3.8) is 0 Å². The Labute approximate surface area is 86.8 Å². The van der Waals surface area contributed by atoms with Crippen molar-refractivity contribution in [2.45, 2.75) is 0 Å². The number of rotatable bonds is 3. The van der Waals surface area contributed by atoms with E-state index in [4.69, 9.17) is 4.74 Å². The molecule has 0 aliphatic carbocycles. The Morgan fingerprint density at radius 2 is 1.86 bits per heavy atom. The van der Waals surface area contributed by atoms with Crippen LogP contribution in [0.15, 0.2) is 36.9 Å². The fourth-order valence-corrected chi connectivity index (χ4v) is 0.847. The molecule has 2 heteroatoms. The highest BCUT2D eigenvalue weighted by molar-refractivity contribution is 5.45. The van der Waals surface area contributed by atoms with E-state index in [0.29, 0.717) is 6.73 Å². The molecule has 14 heavy (non-hydrogen) atoms. The van der Waals surface area contributed by atoms with Crippen LogP contribution in [-0.4, -0.2) is 32.8 Å². The summed E-state index contributed by atoms with van der Waals surface area (Å²) in [5.41, 5.74) is 1.17. The van der Waals surface area contributed by atoms with Gasteiger partial charge in [-0.15, -0.1) is 0 Å². The minimum atomic E-state index is 0.708. The number of hydrogen-bond acceptors (Lipinski definition) is 2. The molecule has 0 aromatic heterocycles. The summed E-state index contributed by atoms with van der Waals surface area (Å²) >= 11 is 0. The van der Waals surface area contributed by atoms with E-state index in [1.165, 1.54) is 5.56 Å². The molecule has 1 rings (SSSR count). The van der Waals surface area contributed by atoms with Crippen molar-refractivity contribution in [3.05, 3.63) is 42.5 Å². The van der Waals surface area contributed by atoms with Gasteiger partial charge in [0.05, 0.1) is 6.73 Å². The molecule has 0 bridgehead atoms. The van der Waals surface area contributed by atoms with Crippen LogP contribution in [0.1, 0.15) is 5.56 Å². The molecule has 0 aliphatic rings. The van der Waals surface area contributed by atoms with Crippen LogP contribution < -0.4 is 0 Å². The molecule has 2 nitrogen and oxygen atoms in total. The predicted molar refractivity (Wildman–Crippen MR) is 62.1 cm³/mol. The molecule has 1 aromatic rings. The van der Waals surface area contributed by atoms with E-state index in [9.17, 15) is 0 Å². The maximum absolute atomic E-state index is 4.73. The fourth-order valence-electron chi connectivity index (χ4n) is 0.847. The van der Waals surface area contributed by atoms with Crippen molar-refractivity contribution in [3.8, 4) is 0 Å². The van der Waals surface area contributed by atoms with Gasteiger partial charge in [0.15, 0.2) is 0 Å². The van der Waals surface area contributed by atoms with Gasteiger partial charge in [-0.05, 0) is 19.7 Å². The maximum atomic E-state index is 4.73. The predicted octanol–water partition coefficient (Wildman–Crippen LogP) is 2.48. The molecule has 0 heterocycles. The van der Waals surface area contributed by atoms with Gasteiger partial charge in [-0.2, -0.15) is 0 Å². The van der Waals surface area contributed by atoms with E-state index in [2.05, 4.69) is 6.58 Å². The molecule has 0 amide bonds. The zero-order valence-corrected chi connectivity index (χ0v) is 9.23. The second kappa shape index (κ2) is 8.48. The van der Waals surface area contributed by atoms with Gasteiger partial charge in [-0.3, -0.25) is 4.90 Å². The van der Waals surface area contributed by atoms with Crippen LogP contribution in [0.4, 0.5) is 0 Å². The molecule has 0 saturated carbocycles. The minimum Gasteiger partial charge on any atom is -0.369 e. The van der Waals surface area contributed by atoms with Crippen molar-refractivity contribution in [2.24, 2.45) is 0 Å². The second-order valence-corrected chi connectivity index (χ2v) is 3.11. The Kier molecular flexibility index (Phi) is 7.80. The Bertz CT molecular complexity index is 231. The van der Waals surface area contributed by atoms with E-state index in [1.807, 2.05) is 55.4 Å². The monoisotopic (exact) mass is 193 g/mol. The first kappa shape index (κ1) is 12.9. The van der Waals surface area contributed by atoms with Crippen LogP contribution in [-0.2, 0) is 4.74 Å². The topological polar surface area (TPSA) is 12.5 Å².